The number of nitrogens with one attached hydrogen (secondary N) is 1. The Morgan fingerprint density at radius 2 is 1.95 bits per heavy atom. The molecule has 1 unspecified atom stereocenters. The van der Waals surface area contributed by atoms with E-state index in [4.69, 9.17) is 10.5 Å². The predicted octanol–water partition coefficient (Wildman–Crippen LogP) is 1.75. The molecule has 122 valence electrons. The maximum Gasteiger partial charge on any atom is 0.253 e. The first kappa shape index (κ1) is 16.9. The summed E-state index contributed by atoms with van der Waals surface area (Å²) in [5.74, 6) is -1.16. The minimum Gasteiger partial charge on any atom is -0.384 e. The molecule has 4 N–H and O–H groups in total. The summed E-state index contributed by atoms with van der Waals surface area (Å²) in [4.78, 5) is 24.5. The van der Waals surface area contributed by atoms with Crippen LogP contribution in [0.4, 0.5) is 5.00 Å². The summed E-state index contributed by atoms with van der Waals surface area (Å²) in [7, 11) is 0. The van der Waals surface area contributed by atoms with E-state index < -0.39 is 29.1 Å². The zero-order chi connectivity index (χ0) is 16.9. The maximum absolute atomic E-state index is 11.9. The lowest BCUT2D eigenvalue weighted by Crippen LogP contribution is -2.42. The van der Waals surface area contributed by atoms with Crippen LogP contribution in [0, 0.1) is 0 Å². The summed E-state index contributed by atoms with van der Waals surface area (Å²) in [6.45, 7) is 9.12. The number of primary amides is 1. The van der Waals surface area contributed by atoms with Crippen molar-refractivity contribution in [2.75, 3.05) is 5.32 Å². The zero-order valence-electron chi connectivity index (χ0n) is 13.4. The number of aliphatic hydroxyl groups is 1. The molecule has 0 aromatic carbocycles. The number of hydrogen-bond acceptors (Lipinski definition) is 5. The van der Waals surface area contributed by atoms with Crippen LogP contribution in [0.5, 0.6) is 0 Å². The standard InChI is InChI=1S/C15H22N2O4S/c1-7(18)12(20)17-13-9(11(16)19)8-6-14(2,3)21-15(4,5)10(8)22-13/h7,18H,6H2,1-5H3,(H2,16,19)(H,17,20). The lowest BCUT2D eigenvalue weighted by atomic mass is 9.86. The smallest absolute Gasteiger partial charge is 0.253 e. The van der Waals surface area contributed by atoms with Crippen LogP contribution in [0.25, 0.3) is 0 Å². The second-order valence-corrected chi connectivity index (χ2v) is 7.71. The maximum atomic E-state index is 11.9. The Morgan fingerprint density at radius 3 is 2.45 bits per heavy atom. The highest BCUT2D eigenvalue weighted by Crippen LogP contribution is 2.48. The fourth-order valence-electron chi connectivity index (χ4n) is 2.88. The van der Waals surface area contributed by atoms with Gasteiger partial charge in [0.25, 0.3) is 11.8 Å². The summed E-state index contributed by atoms with van der Waals surface area (Å²) >= 11 is 1.27. The van der Waals surface area contributed by atoms with E-state index in [0.29, 0.717) is 17.0 Å². The number of amides is 2. The molecule has 0 fully saturated rings. The Kier molecular flexibility index (Phi) is 4.10. The number of thiophene rings is 1. The molecule has 1 aromatic heterocycles. The van der Waals surface area contributed by atoms with Gasteiger partial charge >= 0.3 is 0 Å². The van der Waals surface area contributed by atoms with Crippen LogP contribution in [-0.4, -0.2) is 28.6 Å². The quantitative estimate of drug-likeness (QED) is 0.787. The predicted molar refractivity (Wildman–Crippen MR) is 85.0 cm³/mol. The number of hydrogen-bond donors (Lipinski definition) is 3. The number of anilines is 1. The summed E-state index contributed by atoms with van der Waals surface area (Å²) in [6.07, 6.45) is -0.633. The van der Waals surface area contributed by atoms with E-state index in [0.717, 1.165) is 10.4 Å². The number of carbonyl (C=O) groups is 2. The van der Waals surface area contributed by atoms with Gasteiger partial charge in [-0.05, 0) is 40.2 Å². The summed E-state index contributed by atoms with van der Waals surface area (Å²) in [6, 6.07) is 0. The molecule has 1 aliphatic heterocycles. The van der Waals surface area contributed by atoms with Crippen molar-refractivity contribution >= 4 is 28.2 Å². The molecule has 0 radical (unpaired) electrons. The monoisotopic (exact) mass is 326 g/mol. The van der Waals surface area contributed by atoms with Crippen molar-refractivity contribution in [1.29, 1.82) is 0 Å². The largest absolute Gasteiger partial charge is 0.384 e. The molecule has 0 saturated heterocycles. The van der Waals surface area contributed by atoms with Crippen LogP contribution in [0.15, 0.2) is 0 Å². The average molecular weight is 326 g/mol. The molecule has 0 aliphatic carbocycles. The van der Waals surface area contributed by atoms with Gasteiger partial charge in [0, 0.05) is 11.3 Å². The Labute approximate surface area is 133 Å². The van der Waals surface area contributed by atoms with Crippen LogP contribution in [0.1, 0.15) is 55.4 Å². The number of fused-ring (bicyclic) bond motifs is 1. The SMILES string of the molecule is CC(O)C(=O)Nc1sc2c(c1C(N)=O)CC(C)(C)OC2(C)C. The van der Waals surface area contributed by atoms with E-state index in [1.807, 2.05) is 27.7 Å². The van der Waals surface area contributed by atoms with Gasteiger partial charge in [-0.3, -0.25) is 9.59 Å². The highest BCUT2D eigenvalue weighted by atomic mass is 32.1. The van der Waals surface area contributed by atoms with Gasteiger partial charge < -0.3 is 20.9 Å². The molecule has 6 nitrogen and oxygen atoms in total. The average Bonchev–Trinajstić information content (AvgIpc) is 2.65. The van der Waals surface area contributed by atoms with Gasteiger partial charge in [-0.25, -0.2) is 0 Å². The van der Waals surface area contributed by atoms with Crippen molar-refractivity contribution in [2.24, 2.45) is 5.73 Å². The molecule has 2 rings (SSSR count). The number of ether oxygens (including phenoxy) is 1. The molecule has 0 saturated carbocycles. The van der Waals surface area contributed by atoms with E-state index >= 15 is 0 Å². The van der Waals surface area contributed by atoms with Gasteiger partial charge in [-0.1, -0.05) is 0 Å². The zero-order valence-corrected chi connectivity index (χ0v) is 14.3. The molecule has 1 aliphatic rings. The van der Waals surface area contributed by atoms with Crippen molar-refractivity contribution in [2.45, 2.75) is 58.3 Å². The minimum absolute atomic E-state index is 0.318. The van der Waals surface area contributed by atoms with E-state index in [-0.39, 0.29) is 0 Å². The van der Waals surface area contributed by atoms with Crippen molar-refractivity contribution in [3.8, 4) is 0 Å². The second-order valence-electron chi connectivity index (χ2n) is 6.69. The number of aliphatic hydroxyl groups excluding tert-OH is 1. The summed E-state index contributed by atoms with van der Waals surface area (Å²) in [5, 5.41) is 12.3. The lowest BCUT2D eigenvalue weighted by molar-refractivity contribution is -0.135. The summed E-state index contributed by atoms with van der Waals surface area (Å²) in [5.41, 5.74) is 5.64. The van der Waals surface area contributed by atoms with E-state index in [1.54, 1.807) is 0 Å². The second kappa shape index (κ2) is 5.33. The van der Waals surface area contributed by atoms with Gasteiger partial charge in [-0.15, -0.1) is 11.3 Å². The fraction of sp³-hybridized carbons (Fsp3) is 0.600. The molecule has 2 amide bonds. The van der Waals surface area contributed by atoms with Crippen molar-refractivity contribution in [3.63, 3.8) is 0 Å². The normalized spacial score (nSPS) is 20.1. The third-order valence-electron chi connectivity index (χ3n) is 3.55. The molecule has 0 bridgehead atoms. The topological polar surface area (TPSA) is 102 Å². The molecule has 1 aromatic rings. The van der Waals surface area contributed by atoms with Crippen molar-refractivity contribution in [1.82, 2.24) is 0 Å². The molecule has 0 spiro atoms. The van der Waals surface area contributed by atoms with Crippen molar-refractivity contribution < 1.29 is 19.4 Å². The third kappa shape index (κ3) is 3.02. The molecule has 1 atom stereocenters. The van der Waals surface area contributed by atoms with Gasteiger partial charge in [0.1, 0.15) is 11.1 Å². The van der Waals surface area contributed by atoms with Crippen molar-refractivity contribution in [3.05, 3.63) is 16.0 Å². The molecular weight excluding hydrogens is 304 g/mol. The summed E-state index contributed by atoms with van der Waals surface area (Å²) < 4.78 is 6.08. The number of carbonyl (C=O) groups excluding carboxylic acids is 2. The molecule has 7 heteroatoms. The molecule has 2 heterocycles. The van der Waals surface area contributed by atoms with E-state index in [1.165, 1.54) is 18.3 Å². The Morgan fingerprint density at radius 1 is 1.36 bits per heavy atom. The van der Waals surface area contributed by atoms with Crippen LogP contribution in [0.2, 0.25) is 0 Å². The highest BCUT2D eigenvalue weighted by Gasteiger charge is 2.42. The fourth-order valence-corrected chi connectivity index (χ4v) is 4.15. The molecule has 22 heavy (non-hydrogen) atoms. The van der Waals surface area contributed by atoms with Crippen LogP contribution in [-0.2, 0) is 21.6 Å². The minimum atomic E-state index is -1.17. The highest BCUT2D eigenvalue weighted by molar-refractivity contribution is 7.17. The van der Waals surface area contributed by atoms with Crippen LogP contribution >= 0.6 is 11.3 Å². The Balaban J connectivity index is 2.58. The van der Waals surface area contributed by atoms with Gasteiger partial charge in [-0.2, -0.15) is 0 Å². The van der Waals surface area contributed by atoms with E-state index in [2.05, 4.69) is 5.32 Å². The van der Waals surface area contributed by atoms with Gasteiger partial charge in [0.15, 0.2) is 0 Å². The van der Waals surface area contributed by atoms with Gasteiger partial charge in [0.2, 0.25) is 0 Å². The first-order valence-electron chi connectivity index (χ1n) is 7.09. The first-order valence-corrected chi connectivity index (χ1v) is 7.91. The first-order chi connectivity index (χ1) is 9.94. The van der Waals surface area contributed by atoms with E-state index in [9.17, 15) is 14.7 Å². The third-order valence-corrected chi connectivity index (χ3v) is 5.00. The lowest BCUT2D eigenvalue weighted by Gasteiger charge is -2.41. The van der Waals surface area contributed by atoms with Gasteiger partial charge in [0.05, 0.1) is 16.8 Å². The Hall–Kier alpha value is -1.44. The van der Waals surface area contributed by atoms with Crippen LogP contribution < -0.4 is 11.1 Å². The van der Waals surface area contributed by atoms with Crippen LogP contribution in [0.3, 0.4) is 0 Å². The number of nitrogens with two attached hydrogens (primary N) is 1. The number of rotatable bonds is 3. The Bertz CT molecular complexity index is 632. The molecular formula is C15H22N2O4S.